The molecule has 3 aromatic rings. The Hall–Kier alpha value is -3.02. The summed E-state index contributed by atoms with van der Waals surface area (Å²) in [5.74, 6) is 0.0674. The van der Waals surface area contributed by atoms with Crippen LogP contribution in [0, 0.1) is 6.92 Å². The molecule has 0 spiro atoms. The average molecular weight is 390 g/mol. The van der Waals surface area contributed by atoms with Crippen molar-refractivity contribution < 1.29 is 4.79 Å². The molecule has 1 fully saturated rings. The number of amides is 1. The van der Waals surface area contributed by atoms with E-state index < -0.39 is 0 Å². The van der Waals surface area contributed by atoms with Crippen molar-refractivity contribution in [3.63, 3.8) is 0 Å². The summed E-state index contributed by atoms with van der Waals surface area (Å²) in [5.41, 5.74) is 4.56. The molecule has 2 aromatic carbocycles. The number of nitrogens with one attached hydrogen (secondary N) is 1. The monoisotopic (exact) mass is 389 g/mol. The van der Waals surface area contributed by atoms with Gasteiger partial charge in [0.05, 0.1) is 12.1 Å². The first-order chi connectivity index (χ1) is 14.1. The zero-order valence-electron chi connectivity index (χ0n) is 16.8. The van der Waals surface area contributed by atoms with Gasteiger partial charge in [-0.3, -0.25) is 4.79 Å². The van der Waals surface area contributed by atoms with Crippen molar-refractivity contribution in [3.05, 3.63) is 71.5 Å². The van der Waals surface area contributed by atoms with E-state index in [2.05, 4.69) is 52.0 Å². The third kappa shape index (κ3) is 4.53. The van der Waals surface area contributed by atoms with E-state index in [9.17, 15) is 4.79 Å². The van der Waals surface area contributed by atoms with Crippen LogP contribution in [0.2, 0.25) is 0 Å². The molecule has 1 amide bonds. The summed E-state index contributed by atoms with van der Waals surface area (Å²) in [7, 11) is 0. The average Bonchev–Trinajstić information content (AvgIpc) is 3.28. The Morgan fingerprint density at radius 3 is 2.59 bits per heavy atom. The van der Waals surface area contributed by atoms with Gasteiger partial charge in [-0.1, -0.05) is 61.2 Å². The molecule has 0 saturated heterocycles. The maximum atomic E-state index is 12.7. The molecular weight excluding hydrogens is 362 g/mol. The maximum absolute atomic E-state index is 12.7. The number of carbonyl (C=O) groups is 1. The molecule has 0 bridgehead atoms. The van der Waals surface area contributed by atoms with E-state index in [0.717, 1.165) is 24.1 Å². The van der Waals surface area contributed by atoms with Crippen LogP contribution in [-0.4, -0.2) is 32.7 Å². The van der Waals surface area contributed by atoms with Gasteiger partial charge in [0.2, 0.25) is 5.91 Å². The van der Waals surface area contributed by atoms with Crippen molar-refractivity contribution in [3.8, 4) is 5.69 Å². The molecule has 0 aliphatic heterocycles. The smallest absolute Gasteiger partial charge is 0.224 e. The second kappa shape index (κ2) is 8.55. The molecule has 1 N–H and O–H groups in total. The summed E-state index contributed by atoms with van der Waals surface area (Å²) >= 11 is 0. The summed E-state index contributed by atoms with van der Waals surface area (Å²) in [5, 5.41) is 14.4. The van der Waals surface area contributed by atoms with Gasteiger partial charge in [-0.2, -0.15) is 0 Å². The van der Waals surface area contributed by atoms with Gasteiger partial charge in [0.25, 0.3) is 0 Å². The quantitative estimate of drug-likeness (QED) is 0.700. The molecule has 0 radical (unpaired) electrons. The predicted octanol–water partition coefficient (Wildman–Crippen LogP) is 3.53. The molecular formula is C23H27N5O. The first-order valence-electron chi connectivity index (χ1n) is 10.3. The summed E-state index contributed by atoms with van der Waals surface area (Å²) in [6.07, 6.45) is 7.94. The second-order valence-corrected chi connectivity index (χ2v) is 8.08. The minimum atomic E-state index is 0.0594. The van der Waals surface area contributed by atoms with E-state index in [1.165, 1.54) is 30.4 Å². The lowest BCUT2D eigenvalue weighted by Gasteiger charge is -2.38. The number of aromatic nitrogens is 4. The normalized spacial score (nSPS) is 15.8. The summed E-state index contributed by atoms with van der Waals surface area (Å²) < 4.78 is 1.60. The van der Waals surface area contributed by atoms with Gasteiger partial charge in [0.1, 0.15) is 6.33 Å². The fourth-order valence-electron chi connectivity index (χ4n) is 4.33. The highest BCUT2D eigenvalue weighted by Crippen LogP contribution is 2.39. The number of aryl methyl sites for hydroxylation is 1. The molecule has 6 heteroatoms. The molecule has 29 heavy (non-hydrogen) atoms. The molecule has 1 aliphatic carbocycles. The van der Waals surface area contributed by atoms with Gasteiger partial charge in [-0.05, 0) is 53.5 Å². The van der Waals surface area contributed by atoms with E-state index in [-0.39, 0.29) is 11.3 Å². The largest absolute Gasteiger partial charge is 0.355 e. The fraction of sp³-hybridized carbons (Fsp3) is 0.391. The first-order valence-corrected chi connectivity index (χ1v) is 10.3. The van der Waals surface area contributed by atoms with E-state index in [0.29, 0.717) is 13.0 Å². The molecule has 4 rings (SSSR count). The third-order valence-corrected chi connectivity index (χ3v) is 5.98. The molecule has 1 aliphatic rings. The highest BCUT2D eigenvalue weighted by atomic mass is 16.1. The molecule has 150 valence electrons. The molecule has 1 heterocycles. The number of tetrazole rings is 1. The highest BCUT2D eigenvalue weighted by molar-refractivity contribution is 5.78. The van der Waals surface area contributed by atoms with Crippen LogP contribution in [0.15, 0.2) is 54.9 Å². The summed E-state index contributed by atoms with van der Waals surface area (Å²) in [6.45, 7) is 2.84. The number of hydrogen-bond acceptors (Lipinski definition) is 4. The van der Waals surface area contributed by atoms with Crippen LogP contribution in [0.5, 0.6) is 0 Å². The number of carbonyl (C=O) groups excluding carboxylic acids is 1. The van der Waals surface area contributed by atoms with Crippen LogP contribution < -0.4 is 5.32 Å². The summed E-state index contributed by atoms with van der Waals surface area (Å²) in [4.78, 5) is 12.7. The minimum absolute atomic E-state index is 0.0594. The molecule has 0 atom stereocenters. The molecule has 1 saturated carbocycles. The van der Waals surface area contributed by atoms with Crippen molar-refractivity contribution in [1.29, 1.82) is 0 Å². The second-order valence-electron chi connectivity index (χ2n) is 8.08. The number of nitrogens with zero attached hydrogens (tertiary/aromatic N) is 4. The van der Waals surface area contributed by atoms with Crippen LogP contribution in [0.1, 0.15) is 48.8 Å². The SMILES string of the molecule is Cc1cccc(C2(CNC(=O)Cc3ccc(-n4cnnn4)cc3)CCCCC2)c1. The summed E-state index contributed by atoms with van der Waals surface area (Å²) in [6, 6.07) is 16.5. The van der Waals surface area contributed by atoms with Crippen LogP contribution in [0.3, 0.4) is 0 Å². The van der Waals surface area contributed by atoms with Crippen LogP contribution in [-0.2, 0) is 16.6 Å². The lowest BCUT2D eigenvalue weighted by molar-refractivity contribution is -0.120. The number of benzene rings is 2. The van der Waals surface area contributed by atoms with Crippen molar-refractivity contribution in [1.82, 2.24) is 25.5 Å². The van der Waals surface area contributed by atoms with Crippen molar-refractivity contribution in [2.24, 2.45) is 0 Å². The Labute approximate surface area is 171 Å². The Bertz CT molecular complexity index is 944. The van der Waals surface area contributed by atoms with Gasteiger partial charge >= 0.3 is 0 Å². The van der Waals surface area contributed by atoms with Gasteiger partial charge < -0.3 is 5.32 Å². The predicted molar refractivity (Wildman–Crippen MR) is 112 cm³/mol. The van der Waals surface area contributed by atoms with E-state index in [1.807, 2.05) is 24.3 Å². The van der Waals surface area contributed by atoms with Crippen molar-refractivity contribution >= 4 is 5.91 Å². The standard InChI is InChI=1S/C23H27N5O/c1-18-6-5-7-20(14-18)23(12-3-2-4-13-23)16-24-22(29)15-19-8-10-21(11-9-19)28-17-25-26-27-28/h5-11,14,17H,2-4,12-13,15-16H2,1H3,(H,24,29). The van der Waals surface area contributed by atoms with Gasteiger partial charge in [0, 0.05) is 12.0 Å². The van der Waals surface area contributed by atoms with Gasteiger partial charge in [-0.25, -0.2) is 4.68 Å². The number of hydrogen-bond donors (Lipinski definition) is 1. The highest BCUT2D eigenvalue weighted by Gasteiger charge is 2.34. The Kier molecular flexibility index (Phi) is 5.69. The van der Waals surface area contributed by atoms with Gasteiger partial charge in [0.15, 0.2) is 0 Å². The van der Waals surface area contributed by atoms with Crippen LogP contribution in [0.4, 0.5) is 0 Å². The lowest BCUT2D eigenvalue weighted by atomic mass is 9.69. The molecule has 0 unspecified atom stereocenters. The topological polar surface area (TPSA) is 72.7 Å². The minimum Gasteiger partial charge on any atom is -0.355 e. The van der Waals surface area contributed by atoms with E-state index in [1.54, 1.807) is 11.0 Å². The Morgan fingerprint density at radius 1 is 1.10 bits per heavy atom. The zero-order valence-corrected chi connectivity index (χ0v) is 16.8. The Morgan fingerprint density at radius 2 is 1.90 bits per heavy atom. The van der Waals surface area contributed by atoms with Crippen LogP contribution >= 0.6 is 0 Å². The van der Waals surface area contributed by atoms with Crippen molar-refractivity contribution in [2.75, 3.05) is 6.54 Å². The van der Waals surface area contributed by atoms with Crippen molar-refractivity contribution in [2.45, 2.75) is 50.9 Å². The maximum Gasteiger partial charge on any atom is 0.224 e. The fourth-order valence-corrected chi connectivity index (χ4v) is 4.33. The van der Waals surface area contributed by atoms with E-state index >= 15 is 0 Å². The lowest BCUT2D eigenvalue weighted by Crippen LogP contribution is -2.42. The number of rotatable bonds is 6. The zero-order chi connectivity index (χ0) is 20.1. The van der Waals surface area contributed by atoms with E-state index in [4.69, 9.17) is 0 Å². The molecule has 1 aromatic heterocycles. The third-order valence-electron chi connectivity index (χ3n) is 5.98. The van der Waals surface area contributed by atoms with Crippen LogP contribution in [0.25, 0.3) is 5.69 Å². The molecule has 6 nitrogen and oxygen atoms in total. The van der Waals surface area contributed by atoms with Gasteiger partial charge in [-0.15, -0.1) is 5.10 Å². The Balaban J connectivity index is 1.40. The first kappa shape index (κ1) is 19.3.